The molecule has 100 valence electrons. The van der Waals surface area contributed by atoms with Crippen molar-refractivity contribution in [3.63, 3.8) is 0 Å². The molecule has 2 rings (SSSR count). The summed E-state index contributed by atoms with van der Waals surface area (Å²) in [5, 5.41) is 14.7. The molecule has 0 aliphatic carbocycles. The summed E-state index contributed by atoms with van der Waals surface area (Å²) in [7, 11) is 0. The third kappa shape index (κ3) is 3.65. The number of hydrogen-bond acceptors (Lipinski definition) is 5. The summed E-state index contributed by atoms with van der Waals surface area (Å²) >= 11 is 10.5. The van der Waals surface area contributed by atoms with Crippen molar-refractivity contribution in [2.45, 2.75) is 6.92 Å². The number of amides is 1. The zero-order valence-corrected chi connectivity index (χ0v) is 13.1. The van der Waals surface area contributed by atoms with Crippen LogP contribution in [0, 0.1) is 0 Å². The fourth-order valence-electron chi connectivity index (χ4n) is 1.30. The van der Waals surface area contributed by atoms with E-state index in [-0.39, 0.29) is 10.9 Å². The molecule has 0 atom stereocenters. The van der Waals surface area contributed by atoms with E-state index >= 15 is 0 Å². The van der Waals surface area contributed by atoms with Gasteiger partial charge in [0.15, 0.2) is 0 Å². The molecule has 0 spiro atoms. The first kappa shape index (κ1) is 14.2. The van der Waals surface area contributed by atoms with E-state index in [9.17, 15) is 4.79 Å². The molecule has 1 heterocycles. The second-order valence-electron chi connectivity index (χ2n) is 3.52. The first-order valence-electron chi connectivity index (χ1n) is 5.44. The standard InChI is InChI=1S/C11H10BrClN4OS/c1-2-14-11-17-16-10(19-11)9(18)15-8-4-3-6(12)5-7(8)13/h3-5H,2H2,1H3,(H,14,17)(H,15,18). The minimum Gasteiger partial charge on any atom is -0.360 e. The Hall–Kier alpha value is -1.18. The van der Waals surface area contributed by atoms with Crippen molar-refractivity contribution in [3.05, 3.63) is 32.7 Å². The molecule has 1 aromatic heterocycles. The van der Waals surface area contributed by atoms with Crippen molar-refractivity contribution in [2.24, 2.45) is 0 Å². The number of nitrogens with zero attached hydrogens (tertiary/aromatic N) is 2. The maximum absolute atomic E-state index is 12.0. The van der Waals surface area contributed by atoms with Crippen molar-refractivity contribution in [1.82, 2.24) is 10.2 Å². The summed E-state index contributed by atoms with van der Waals surface area (Å²) in [5.41, 5.74) is 0.537. The molecular weight excluding hydrogens is 352 g/mol. The number of nitrogens with one attached hydrogen (secondary N) is 2. The monoisotopic (exact) mass is 360 g/mol. The Morgan fingerprint density at radius 2 is 2.26 bits per heavy atom. The Balaban J connectivity index is 2.11. The predicted octanol–water partition coefficient (Wildman–Crippen LogP) is 3.64. The Bertz CT molecular complexity index is 604. The number of aromatic nitrogens is 2. The number of carbonyl (C=O) groups is 1. The number of anilines is 2. The number of rotatable bonds is 4. The molecule has 2 aromatic rings. The average Bonchev–Trinajstić information content (AvgIpc) is 2.82. The van der Waals surface area contributed by atoms with Crippen molar-refractivity contribution in [3.8, 4) is 0 Å². The maximum Gasteiger partial charge on any atom is 0.286 e. The second kappa shape index (κ2) is 6.31. The SMILES string of the molecule is CCNc1nnc(C(=O)Nc2ccc(Br)cc2Cl)s1. The van der Waals surface area contributed by atoms with Gasteiger partial charge in [-0.3, -0.25) is 4.79 Å². The van der Waals surface area contributed by atoms with Crippen molar-refractivity contribution in [2.75, 3.05) is 17.2 Å². The summed E-state index contributed by atoms with van der Waals surface area (Å²) in [4.78, 5) is 12.0. The van der Waals surface area contributed by atoms with Gasteiger partial charge in [-0.25, -0.2) is 0 Å². The molecule has 0 fully saturated rings. The largest absolute Gasteiger partial charge is 0.360 e. The summed E-state index contributed by atoms with van der Waals surface area (Å²) in [6, 6.07) is 5.23. The Morgan fingerprint density at radius 3 is 2.95 bits per heavy atom. The molecule has 0 aliphatic rings. The van der Waals surface area contributed by atoms with Gasteiger partial charge in [0, 0.05) is 11.0 Å². The molecule has 2 N–H and O–H groups in total. The molecule has 1 amide bonds. The molecule has 8 heteroatoms. The molecule has 19 heavy (non-hydrogen) atoms. The van der Waals surface area contributed by atoms with E-state index < -0.39 is 0 Å². The molecule has 0 unspecified atom stereocenters. The number of halogens is 2. The van der Waals surface area contributed by atoms with Gasteiger partial charge in [-0.05, 0) is 25.1 Å². The van der Waals surface area contributed by atoms with Gasteiger partial charge in [-0.2, -0.15) is 0 Å². The van der Waals surface area contributed by atoms with Gasteiger partial charge in [0.2, 0.25) is 10.1 Å². The van der Waals surface area contributed by atoms with E-state index in [0.717, 1.165) is 11.0 Å². The van der Waals surface area contributed by atoms with Crippen LogP contribution in [0.15, 0.2) is 22.7 Å². The lowest BCUT2D eigenvalue weighted by molar-refractivity contribution is 0.102. The number of benzene rings is 1. The lowest BCUT2D eigenvalue weighted by atomic mass is 10.3. The van der Waals surface area contributed by atoms with Crippen molar-refractivity contribution in [1.29, 1.82) is 0 Å². The van der Waals surface area contributed by atoms with Gasteiger partial charge in [-0.15, -0.1) is 10.2 Å². The molecule has 0 aliphatic heterocycles. The minimum absolute atomic E-state index is 0.287. The predicted molar refractivity (Wildman–Crippen MR) is 81.2 cm³/mol. The third-order valence-electron chi connectivity index (χ3n) is 2.13. The van der Waals surface area contributed by atoms with Gasteiger partial charge in [-0.1, -0.05) is 38.9 Å². The first-order chi connectivity index (χ1) is 9.10. The summed E-state index contributed by atoms with van der Waals surface area (Å²) in [5.74, 6) is -0.328. The molecule has 0 bridgehead atoms. The van der Waals surface area contributed by atoms with E-state index in [1.165, 1.54) is 11.3 Å². The zero-order chi connectivity index (χ0) is 13.8. The lowest BCUT2D eigenvalue weighted by Gasteiger charge is -2.05. The van der Waals surface area contributed by atoms with Crippen molar-refractivity contribution < 1.29 is 4.79 Å². The quantitative estimate of drug-likeness (QED) is 0.872. The molecule has 0 saturated carbocycles. The highest BCUT2D eigenvalue weighted by Crippen LogP contribution is 2.26. The second-order valence-corrected chi connectivity index (χ2v) is 5.82. The van der Waals surface area contributed by atoms with Crippen LogP contribution in [0.25, 0.3) is 0 Å². The number of carbonyl (C=O) groups excluding carboxylic acids is 1. The highest BCUT2D eigenvalue weighted by molar-refractivity contribution is 9.10. The molecule has 0 saturated heterocycles. The van der Waals surface area contributed by atoms with Crippen LogP contribution >= 0.6 is 38.9 Å². The molecule has 5 nitrogen and oxygen atoms in total. The van der Waals surface area contributed by atoms with Crippen LogP contribution in [-0.4, -0.2) is 22.6 Å². The van der Waals surface area contributed by atoms with Crippen molar-refractivity contribution >= 4 is 55.6 Å². The first-order valence-corrected chi connectivity index (χ1v) is 7.42. The van der Waals surface area contributed by atoms with Crippen LogP contribution in [0.2, 0.25) is 5.02 Å². The fourth-order valence-corrected chi connectivity index (χ4v) is 2.73. The van der Waals surface area contributed by atoms with Crippen LogP contribution in [0.5, 0.6) is 0 Å². The van der Waals surface area contributed by atoms with Crippen LogP contribution in [0.4, 0.5) is 10.8 Å². The van der Waals surface area contributed by atoms with Crippen LogP contribution in [0.3, 0.4) is 0 Å². The molecule has 1 aromatic carbocycles. The highest BCUT2D eigenvalue weighted by atomic mass is 79.9. The molecular formula is C11H10BrClN4OS. The van der Waals surface area contributed by atoms with Gasteiger partial charge in [0.05, 0.1) is 10.7 Å². The topological polar surface area (TPSA) is 66.9 Å². The Labute approximate surface area is 127 Å². The van der Waals surface area contributed by atoms with E-state index in [2.05, 4.69) is 36.8 Å². The van der Waals surface area contributed by atoms with E-state index in [1.54, 1.807) is 18.2 Å². The van der Waals surface area contributed by atoms with Crippen LogP contribution in [-0.2, 0) is 0 Å². The number of hydrogen-bond donors (Lipinski definition) is 2. The minimum atomic E-state index is -0.328. The summed E-state index contributed by atoms with van der Waals surface area (Å²) in [6.45, 7) is 2.68. The van der Waals surface area contributed by atoms with Crippen LogP contribution in [0.1, 0.15) is 16.7 Å². The van der Waals surface area contributed by atoms with E-state index in [4.69, 9.17) is 11.6 Å². The maximum atomic E-state index is 12.0. The third-order valence-corrected chi connectivity index (χ3v) is 3.81. The zero-order valence-electron chi connectivity index (χ0n) is 9.91. The average molecular weight is 362 g/mol. The molecule has 0 radical (unpaired) electrons. The fraction of sp³-hybridized carbons (Fsp3) is 0.182. The highest BCUT2D eigenvalue weighted by Gasteiger charge is 2.14. The van der Waals surface area contributed by atoms with Gasteiger partial charge < -0.3 is 10.6 Å². The van der Waals surface area contributed by atoms with Crippen LogP contribution < -0.4 is 10.6 Å². The smallest absolute Gasteiger partial charge is 0.286 e. The van der Waals surface area contributed by atoms with Gasteiger partial charge in [0.1, 0.15) is 0 Å². The Morgan fingerprint density at radius 1 is 1.47 bits per heavy atom. The normalized spacial score (nSPS) is 10.3. The van der Waals surface area contributed by atoms with Gasteiger partial charge in [0.25, 0.3) is 5.91 Å². The summed E-state index contributed by atoms with van der Waals surface area (Å²) < 4.78 is 0.848. The Kier molecular flexibility index (Phi) is 4.73. The summed E-state index contributed by atoms with van der Waals surface area (Å²) in [6.07, 6.45) is 0. The van der Waals surface area contributed by atoms with Gasteiger partial charge >= 0.3 is 0 Å². The lowest BCUT2D eigenvalue weighted by Crippen LogP contribution is -2.11. The van der Waals surface area contributed by atoms with E-state index in [1.807, 2.05) is 6.92 Å². The van der Waals surface area contributed by atoms with E-state index in [0.29, 0.717) is 15.8 Å².